The van der Waals surface area contributed by atoms with Gasteiger partial charge in [0.15, 0.2) is 0 Å². The monoisotopic (exact) mass is 341 g/mol. The number of nitrogens with one attached hydrogen (secondary N) is 1. The van der Waals surface area contributed by atoms with Gasteiger partial charge in [0.05, 0.1) is 13.2 Å². The Morgan fingerprint density at radius 1 is 1.04 bits per heavy atom. The zero-order chi connectivity index (χ0) is 17.5. The van der Waals surface area contributed by atoms with Crippen molar-refractivity contribution in [3.63, 3.8) is 0 Å². The predicted molar refractivity (Wildman–Crippen MR) is 94.1 cm³/mol. The van der Waals surface area contributed by atoms with Gasteiger partial charge in [0.2, 0.25) is 0 Å². The Morgan fingerprint density at radius 2 is 1.84 bits per heavy atom. The summed E-state index contributed by atoms with van der Waals surface area (Å²) < 4.78 is 23.4. The lowest BCUT2D eigenvalue weighted by Crippen LogP contribution is -2.09. The fraction of sp³-hybridized carbons (Fsp3) is 0.250. The van der Waals surface area contributed by atoms with Crippen LogP contribution in [0.5, 0.6) is 5.75 Å². The lowest BCUT2D eigenvalue weighted by molar-refractivity contribution is -0.143. The molecule has 130 valence electrons. The molecule has 0 aliphatic rings. The molecular weight excluding hydrogens is 321 g/mol. The second-order valence-electron chi connectivity index (χ2n) is 5.74. The maximum atomic E-state index is 12.8. The quantitative estimate of drug-likeness (QED) is 0.492. The highest BCUT2D eigenvalue weighted by molar-refractivity contribution is 5.83. The number of carbonyl (C=O) groups is 1. The summed E-state index contributed by atoms with van der Waals surface area (Å²) in [5.74, 6) is 0.0932. The molecule has 0 spiro atoms. The number of fused-ring (bicyclic) bond motifs is 1. The number of aromatic amines is 1. The highest BCUT2D eigenvalue weighted by atomic mass is 19.1. The van der Waals surface area contributed by atoms with E-state index >= 15 is 0 Å². The second kappa shape index (κ2) is 8.33. The molecule has 4 nitrogen and oxygen atoms in total. The molecule has 25 heavy (non-hydrogen) atoms. The SMILES string of the molecule is O=C(CCc1c[nH]c2ccccc12)OCCCOc1ccc(F)cc1. The van der Waals surface area contributed by atoms with E-state index in [9.17, 15) is 9.18 Å². The number of esters is 1. The summed E-state index contributed by atoms with van der Waals surface area (Å²) in [7, 11) is 0. The van der Waals surface area contributed by atoms with Crippen LogP contribution in [0.2, 0.25) is 0 Å². The highest BCUT2D eigenvalue weighted by Crippen LogP contribution is 2.19. The zero-order valence-electron chi connectivity index (χ0n) is 13.8. The van der Waals surface area contributed by atoms with E-state index in [-0.39, 0.29) is 11.8 Å². The van der Waals surface area contributed by atoms with E-state index < -0.39 is 0 Å². The number of benzene rings is 2. The van der Waals surface area contributed by atoms with Gasteiger partial charge in [0, 0.05) is 29.9 Å². The molecule has 0 saturated carbocycles. The molecule has 0 saturated heterocycles. The van der Waals surface area contributed by atoms with Crippen LogP contribution in [0.25, 0.3) is 10.9 Å². The first kappa shape index (κ1) is 17.0. The maximum Gasteiger partial charge on any atom is 0.306 e. The van der Waals surface area contributed by atoms with Crippen LogP contribution in [0.15, 0.2) is 54.7 Å². The van der Waals surface area contributed by atoms with Crippen molar-refractivity contribution in [2.75, 3.05) is 13.2 Å². The highest BCUT2D eigenvalue weighted by Gasteiger charge is 2.07. The number of aromatic nitrogens is 1. The predicted octanol–water partition coefficient (Wildman–Crippen LogP) is 4.25. The Bertz CT molecular complexity index is 826. The van der Waals surface area contributed by atoms with Gasteiger partial charge in [0.25, 0.3) is 0 Å². The van der Waals surface area contributed by atoms with Crippen LogP contribution in [-0.2, 0) is 16.0 Å². The van der Waals surface area contributed by atoms with Crippen LogP contribution in [0.1, 0.15) is 18.4 Å². The fourth-order valence-corrected chi connectivity index (χ4v) is 2.61. The normalized spacial score (nSPS) is 10.8. The molecular formula is C20H20FNO3. The molecule has 0 atom stereocenters. The lowest BCUT2D eigenvalue weighted by Gasteiger charge is -2.07. The number of halogens is 1. The summed E-state index contributed by atoms with van der Waals surface area (Å²) in [5.41, 5.74) is 2.19. The summed E-state index contributed by atoms with van der Waals surface area (Å²) in [6.07, 6.45) is 3.53. The van der Waals surface area contributed by atoms with Gasteiger partial charge in [-0.25, -0.2) is 4.39 Å². The molecule has 5 heteroatoms. The smallest absolute Gasteiger partial charge is 0.306 e. The van der Waals surface area contributed by atoms with Crippen molar-refractivity contribution in [3.05, 3.63) is 66.1 Å². The molecule has 1 N–H and O–H groups in total. The van der Waals surface area contributed by atoms with Gasteiger partial charge in [0.1, 0.15) is 11.6 Å². The van der Waals surface area contributed by atoms with Crippen LogP contribution in [0.4, 0.5) is 4.39 Å². The number of ether oxygens (including phenoxy) is 2. The van der Waals surface area contributed by atoms with Crippen molar-refractivity contribution in [3.8, 4) is 5.75 Å². The Hall–Kier alpha value is -2.82. The Balaban J connectivity index is 1.33. The van der Waals surface area contributed by atoms with Gasteiger partial charge in [-0.2, -0.15) is 0 Å². The van der Waals surface area contributed by atoms with Crippen molar-refractivity contribution in [1.29, 1.82) is 0 Å². The van der Waals surface area contributed by atoms with Gasteiger partial charge >= 0.3 is 5.97 Å². The number of carbonyl (C=O) groups excluding carboxylic acids is 1. The van der Waals surface area contributed by atoms with Crippen LogP contribution < -0.4 is 4.74 Å². The topological polar surface area (TPSA) is 51.3 Å². The van der Waals surface area contributed by atoms with Crippen molar-refractivity contribution < 1.29 is 18.7 Å². The van der Waals surface area contributed by atoms with E-state index in [4.69, 9.17) is 9.47 Å². The number of H-pyrrole nitrogens is 1. The van der Waals surface area contributed by atoms with Gasteiger partial charge in [-0.3, -0.25) is 4.79 Å². The second-order valence-corrected chi connectivity index (χ2v) is 5.74. The minimum absolute atomic E-state index is 0.216. The summed E-state index contributed by atoms with van der Waals surface area (Å²) in [5, 5.41) is 1.14. The molecule has 0 amide bonds. The lowest BCUT2D eigenvalue weighted by atomic mass is 10.1. The fourth-order valence-electron chi connectivity index (χ4n) is 2.61. The van der Waals surface area contributed by atoms with E-state index in [1.807, 2.05) is 30.5 Å². The summed E-state index contributed by atoms with van der Waals surface area (Å²) in [6.45, 7) is 0.731. The van der Waals surface area contributed by atoms with E-state index in [2.05, 4.69) is 4.98 Å². The van der Waals surface area contributed by atoms with Gasteiger partial charge in [-0.05, 0) is 42.3 Å². The third kappa shape index (κ3) is 4.83. The van der Waals surface area contributed by atoms with Gasteiger partial charge in [-0.15, -0.1) is 0 Å². The molecule has 2 aromatic carbocycles. The van der Waals surface area contributed by atoms with Crippen molar-refractivity contribution >= 4 is 16.9 Å². The van der Waals surface area contributed by atoms with E-state index in [1.54, 1.807) is 12.1 Å². The molecule has 3 aromatic rings. The number of rotatable bonds is 8. The number of para-hydroxylation sites is 1. The van der Waals surface area contributed by atoms with Gasteiger partial charge in [-0.1, -0.05) is 18.2 Å². The van der Waals surface area contributed by atoms with Crippen LogP contribution in [-0.4, -0.2) is 24.2 Å². The standard InChI is InChI=1S/C20H20FNO3/c21-16-7-9-17(10-8-16)24-12-3-13-25-20(23)11-6-15-14-22-19-5-2-1-4-18(15)19/h1-2,4-5,7-10,14,22H,3,6,11-13H2. The third-order valence-electron chi connectivity index (χ3n) is 3.91. The molecule has 1 heterocycles. The van der Waals surface area contributed by atoms with Crippen LogP contribution in [0, 0.1) is 5.82 Å². The van der Waals surface area contributed by atoms with Crippen molar-refractivity contribution in [2.24, 2.45) is 0 Å². The summed E-state index contributed by atoms with van der Waals surface area (Å²) in [6, 6.07) is 13.9. The Labute approximate surface area is 145 Å². The molecule has 3 rings (SSSR count). The number of hydrogen-bond donors (Lipinski definition) is 1. The minimum atomic E-state index is -0.295. The minimum Gasteiger partial charge on any atom is -0.493 e. The first-order valence-corrected chi connectivity index (χ1v) is 8.31. The molecule has 1 aromatic heterocycles. The average molecular weight is 341 g/mol. The molecule has 0 bridgehead atoms. The first-order chi connectivity index (χ1) is 12.2. The van der Waals surface area contributed by atoms with E-state index in [1.165, 1.54) is 12.1 Å². The summed E-state index contributed by atoms with van der Waals surface area (Å²) in [4.78, 5) is 15.0. The van der Waals surface area contributed by atoms with Crippen LogP contribution in [0.3, 0.4) is 0 Å². The third-order valence-corrected chi connectivity index (χ3v) is 3.91. The zero-order valence-corrected chi connectivity index (χ0v) is 13.8. The molecule has 0 unspecified atom stereocenters. The molecule has 0 aliphatic heterocycles. The van der Waals surface area contributed by atoms with E-state index in [0.717, 1.165) is 16.5 Å². The molecule has 0 radical (unpaired) electrons. The van der Waals surface area contributed by atoms with Crippen LogP contribution >= 0.6 is 0 Å². The average Bonchev–Trinajstić information content (AvgIpc) is 3.04. The number of aryl methyl sites for hydroxylation is 1. The first-order valence-electron chi connectivity index (χ1n) is 8.31. The largest absolute Gasteiger partial charge is 0.493 e. The summed E-state index contributed by atoms with van der Waals surface area (Å²) >= 11 is 0. The molecule has 0 fully saturated rings. The molecule has 0 aliphatic carbocycles. The van der Waals surface area contributed by atoms with Crippen molar-refractivity contribution in [1.82, 2.24) is 4.98 Å². The van der Waals surface area contributed by atoms with Gasteiger partial charge < -0.3 is 14.5 Å². The van der Waals surface area contributed by atoms with E-state index in [0.29, 0.717) is 38.2 Å². The number of hydrogen-bond acceptors (Lipinski definition) is 3. The maximum absolute atomic E-state index is 12.8. The Morgan fingerprint density at radius 3 is 2.68 bits per heavy atom. The van der Waals surface area contributed by atoms with Crippen molar-refractivity contribution in [2.45, 2.75) is 19.3 Å². The Kier molecular flexibility index (Phi) is 5.67.